The maximum atomic E-state index is 12.0. The molecule has 9 nitrogen and oxygen atoms in total. The van der Waals surface area contributed by atoms with Gasteiger partial charge in [-0.1, -0.05) is 13.8 Å². The first-order valence-electron chi connectivity index (χ1n) is 8.85. The second kappa shape index (κ2) is 10.2. The Kier molecular flexibility index (Phi) is 8.68. The standard InChI is InChI=1S/C18H28O9/c1-7-13(24-10(3)19)17(26-12(5)21)16-9(2)14(25-11(4)20)8-15(27-16)18(22)23-6/h9,13-17H,7-8H2,1-6H3/t9-,13-,14-,15?,16?,17-/m1/s1. The molecule has 1 saturated heterocycles. The molecule has 0 bridgehead atoms. The predicted molar refractivity (Wildman–Crippen MR) is 91.4 cm³/mol. The summed E-state index contributed by atoms with van der Waals surface area (Å²) < 4.78 is 26.6. The maximum Gasteiger partial charge on any atom is 0.335 e. The third kappa shape index (κ3) is 6.50. The van der Waals surface area contributed by atoms with E-state index in [4.69, 9.17) is 23.7 Å². The molecule has 0 spiro atoms. The topological polar surface area (TPSA) is 114 Å². The fourth-order valence-electron chi connectivity index (χ4n) is 3.18. The van der Waals surface area contributed by atoms with Crippen molar-refractivity contribution in [2.75, 3.05) is 7.11 Å². The molecule has 27 heavy (non-hydrogen) atoms. The zero-order valence-corrected chi connectivity index (χ0v) is 16.6. The Balaban J connectivity index is 3.23. The number of carbonyl (C=O) groups is 4. The van der Waals surface area contributed by atoms with E-state index in [0.29, 0.717) is 6.42 Å². The second-order valence-electron chi connectivity index (χ2n) is 6.49. The van der Waals surface area contributed by atoms with Crippen molar-refractivity contribution in [1.29, 1.82) is 0 Å². The fraction of sp³-hybridized carbons (Fsp3) is 0.778. The molecule has 0 aliphatic carbocycles. The van der Waals surface area contributed by atoms with E-state index in [9.17, 15) is 19.2 Å². The van der Waals surface area contributed by atoms with Crippen LogP contribution in [-0.2, 0) is 42.9 Å². The molecule has 0 saturated carbocycles. The molecule has 0 radical (unpaired) electrons. The zero-order valence-electron chi connectivity index (χ0n) is 16.6. The number of hydrogen-bond donors (Lipinski definition) is 0. The summed E-state index contributed by atoms with van der Waals surface area (Å²) in [6.07, 6.45) is -3.80. The monoisotopic (exact) mass is 388 g/mol. The van der Waals surface area contributed by atoms with Gasteiger partial charge in [-0.2, -0.15) is 0 Å². The molecule has 6 atom stereocenters. The van der Waals surface area contributed by atoms with Crippen LogP contribution in [0.15, 0.2) is 0 Å². The van der Waals surface area contributed by atoms with Gasteiger partial charge in [0.05, 0.1) is 7.11 Å². The van der Waals surface area contributed by atoms with Crippen molar-refractivity contribution in [3.05, 3.63) is 0 Å². The van der Waals surface area contributed by atoms with Crippen LogP contribution in [0.1, 0.15) is 47.5 Å². The summed E-state index contributed by atoms with van der Waals surface area (Å²) in [5, 5.41) is 0. The molecule has 1 aliphatic rings. The Morgan fingerprint density at radius 3 is 2.07 bits per heavy atom. The highest BCUT2D eigenvalue weighted by molar-refractivity contribution is 5.75. The lowest BCUT2D eigenvalue weighted by atomic mass is 9.85. The van der Waals surface area contributed by atoms with E-state index in [1.807, 2.05) is 0 Å². The van der Waals surface area contributed by atoms with E-state index in [1.165, 1.54) is 27.9 Å². The summed E-state index contributed by atoms with van der Waals surface area (Å²) >= 11 is 0. The van der Waals surface area contributed by atoms with E-state index in [0.717, 1.165) is 0 Å². The van der Waals surface area contributed by atoms with Crippen molar-refractivity contribution in [1.82, 2.24) is 0 Å². The van der Waals surface area contributed by atoms with Crippen LogP contribution in [0.25, 0.3) is 0 Å². The molecule has 0 aromatic heterocycles. The molecule has 1 aliphatic heterocycles. The zero-order chi connectivity index (χ0) is 20.7. The summed E-state index contributed by atoms with van der Waals surface area (Å²) in [4.78, 5) is 46.6. The summed E-state index contributed by atoms with van der Waals surface area (Å²) in [6.45, 7) is 7.25. The maximum absolute atomic E-state index is 12.0. The summed E-state index contributed by atoms with van der Waals surface area (Å²) in [6, 6.07) is 0. The van der Waals surface area contributed by atoms with Crippen molar-refractivity contribution in [3.63, 3.8) is 0 Å². The van der Waals surface area contributed by atoms with Gasteiger partial charge in [-0.3, -0.25) is 14.4 Å². The van der Waals surface area contributed by atoms with E-state index < -0.39 is 60.3 Å². The van der Waals surface area contributed by atoms with Crippen molar-refractivity contribution in [2.24, 2.45) is 5.92 Å². The lowest BCUT2D eigenvalue weighted by Crippen LogP contribution is -2.56. The first-order chi connectivity index (χ1) is 12.6. The lowest BCUT2D eigenvalue weighted by molar-refractivity contribution is -0.220. The molecule has 0 N–H and O–H groups in total. The average Bonchev–Trinajstić information content (AvgIpc) is 2.58. The number of hydrogen-bond acceptors (Lipinski definition) is 9. The normalized spacial score (nSPS) is 27.0. The van der Waals surface area contributed by atoms with Crippen molar-refractivity contribution in [2.45, 2.75) is 78.0 Å². The van der Waals surface area contributed by atoms with Gasteiger partial charge in [-0.25, -0.2) is 4.79 Å². The van der Waals surface area contributed by atoms with Crippen LogP contribution in [0.3, 0.4) is 0 Å². The summed E-state index contributed by atoms with van der Waals surface area (Å²) in [7, 11) is 1.22. The van der Waals surface area contributed by atoms with E-state index in [2.05, 4.69) is 0 Å². The van der Waals surface area contributed by atoms with Crippen molar-refractivity contribution >= 4 is 23.9 Å². The van der Waals surface area contributed by atoms with Gasteiger partial charge in [-0.05, 0) is 6.42 Å². The van der Waals surface area contributed by atoms with Gasteiger partial charge in [0, 0.05) is 33.1 Å². The Hall–Kier alpha value is -2.16. The van der Waals surface area contributed by atoms with Gasteiger partial charge in [-0.15, -0.1) is 0 Å². The highest BCUT2D eigenvalue weighted by Crippen LogP contribution is 2.33. The Morgan fingerprint density at radius 1 is 1.04 bits per heavy atom. The molecular formula is C18H28O9. The Labute approximate surface area is 158 Å². The number of rotatable bonds is 7. The molecule has 154 valence electrons. The Morgan fingerprint density at radius 2 is 1.63 bits per heavy atom. The van der Waals surface area contributed by atoms with Crippen LogP contribution < -0.4 is 0 Å². The van der Waals surface area contributed by atoms with Crippen LogP contribution >= 0.6 is 0 Å². The quantitative estimate of drug-likeness (QED) is 0.468. The molecule has 0 aromatic carbocycles. The minimum Gasteiger partial charge on any atom is -0.467 e. The van der Waals surface area contributed by atoms with Gasteiger partial charge >= 0.3 is 23.9 Å². The fourth-order valence-corrected chi connectivity index (χ4v) is 3.18. The molecule has 0 aromatic rings. The van der Waals surface area contributed by atoms with Crippen molar-refractivity contribution in [3.8, 4) is 0 Å². The third-order valence-corrected chi connectivity index (χ3v) is 4.37. The number of ether oxygens (including phenoxy) is 5. The molecular weight excluding hydrogens is 360 g/mol. The minimum absolute atomic E-state index is 0.112. The predicted octanol–water partition coefficient (Wildman–Crippen LogP) is 1.16. The highest BCUT2D eigenvalue weighted by Gasteiger charge is 2.48. The van der Waals surface area contributed by atoms with Gasteiger partial charge in [0.25, 0.3) is 0 Å². The van der Waals surface area contributed by atoms with Crippen molar-refractivity contribution < 1.29 is 42.9 Å². The first-order valence-corrected chi connectivity index (χ1v) is 8.85. The smallest absolute Gasteiger partial charge is 0.335 e. The SMILES string of the molecule is CC[C@@H](OC(C)=O)[C@@H](OC(C)=O)C1OC(C(=O)OC)C[C@@H](OC(C)=O)[C@H]1C. The second-order valence-corrected chi connectivity index (χ2v) is 6.49. The average molecular weight is 388 g/mol. The molecule has 9 heteroatoms. The van der Waals surface area contributed by atoms with E-state index in [1.54, 1.807) is 13.8 Å². The van der Waals surface area contributed by atoms with E-state index in [-0.39, 0.29) is 6.42 Å². The molecule has 1 rings (SSSR count). The largest absolute Gasteiger partial charge is 0.467 e. The van der Waals surface area contributed by atoms with Gasteiger partial charge < -0.3 is 23.7 Å². The van der Waals surface area contributed by atoms with Crippen LogP contribution in [0, 0.1) is 5.92 Å². The number of esters is 4. The highest BCUT2D eigenvalue weighted by atomic mass is 16.6. The third-order valence-electron chi connectivity index (χ3n) is 4.37. The molecule has 1 heterocycles. The Bertz CT molecular complexity index is 559. The molecule has 1 fully saturated rings. The summed E-state index contributed by atoms with van der Waals surface area (Å²) in [5.41, 5.74) is 0. The number of carbonyl (C=O) groups excluding carboxylic acids is 4. The van der Waals surface area contributed by atoms with E-state index >= 15 is 0 Å². The lowest BCUT2D eigenvalue weighted by Gasteiger charge is -2.43. The van der Waals surface area contributed by atoms with Gasteiger partial charge in [0.15, 0.2) is 12.2 Å². The first kappa shape index (κ1) is 22.9. The van der Waals surface area contributed by atoms with Crippen LogP contribution in [-0.4, -0.2) is 61.5 Å². The molecule has 0 amide bonds. The van der Waals surface area contributed by atoms with Crippen LogP contribution in [0.2, 0.25) is 0 Å². The van der Waals surface area contributed by atoms with Gasteiger partial charge in [0.2, 0.25) is 0 Å². The number of methoxy groups -OCH3 is 1. The minimum atomic E-state index is -1.01. The van der Waals surface area contributed by atoms with Crippen LogP contribution in [0.4, 0.5) is 0 Å². The van der Waals surface area contributed by atoms with Crippen LogP contribution in [0.5, 0.6) is 0 Å². The summed E-state index contributed by atoms with van der Waals surface area (Å²) in [5.74, 6) is -2.70. The van der Waals surface area contributed by atoms with Gasteiger partial charge in [0.1, 0.15) is 18.3 Å². The molecule has 2 unspecified atom stereocenters.